The maximum atomic E-state index is 12.6. The zero-order chi connectivity index (χ0) is 19.7. The van der Waals surface area contributed by atoms with Gasteiger partial charge in [0.1, 0.15) is 0 Å². The zero-order valence-electron chi connectivity index (χ0n) is 15.9. The highest BCUT2D eigenvalue weighted by atomic mass is 16.2. The van der Waals surface area contributed by atoms with Crippen molar-refractivity contribution < 1.29 is 4.79 Å². The number of hydrogen-bond donors (Lipinski definition) is 1. The van der Waals surface area contributed by atoms with E-state index in [1.54, 1.807) is 25.2 Å². The minimum atomic E-state index is -0.605. The third-order valence-electron chi connectivity index (χ3n) is 4.77. The van der Waals surface area contributed by atoms with Gasteiger partial charge in [0.15, 0.2) is 0 Å². The van der Waals surface area contributed by atoms with Gasteiger partial charge in [-0.25, -0.2) is 0 Å². The normalized spacial score (nSPS) is 11.1. The molecule has 0 aliphatic rings. The molecule has 0 bridgehead atoms. The maximum Gasteiger partial charge on any atom is 0.316 e. The molecule has 1 N–H and O–H groups in total. The number of rotatable bonds is 4. The van der Waals surface area contributed by atoms with Crippen molar-refractivity contribution in [3.8, 4) is 0 Å². The predicted molar refractivity (Wildman–Crippen MR) is 108 cm³/mol. The van der Waals surface area contributed by atoms with Crippen molar-refractivity contribution >= 4 is 22.6 Å². The second-order valence-corrected chi connectivity index (χ2v) is 6.85. The summed E-state index contributed by atoms with van der Waals surface area (Å²) in [5, 5.41) is 2.87. The third-order valence-corrected chi connectivity index (χ3v) is 4.77. The van der Waals surface area contributed by atoms with E-state index in [9.17, 15) is 14.4 Å². The standard InChI is InChI=1S/C21H23N3O3/c1-5-24-17-11-8-15(12-18(17)23(4)20(26)21(24)27)19(25)22-16-9-6-14(7-10-16)13(2)3/h6-13H,5H2,1-4H3,(H,22,25). The van der Waals surface area contributed by atoms with Crippen LogP contribution in [0.15, 0.2) is 52.1 Å². The molecule has 0 aliphatic carbocycles. The molecule has 0 fully saturated rings. The molecular weight excluding hydrogens is 342 g/mol. The smallest absolute Gasteiger partial charge is 0.316 e. The van der Waals surface area contributed by atoms with Gasteiger partial charge < -0.3 is 14.5 Å². The van der Waals surface area contributed by atoms with Gasteiger partial charge in [0.25, 0.3) is 5.91 Å². The molecule has 0 saturated heterocycles. The maximum absolute atomic E-state index is 12.6. The molecule has 1 heterocycles. The highest BCUT2D eigenvalue weighted by molar-refractivity contribution is 6.05. The Labute approximate surface area is 157 Å². The molecule has 0 aliphatic heterocycles. The molecule has 6 nitrogen and oxygen atoms in total. The molecule has 6 heteroatoms. The number of fused-ring (bicyclic) bond motifs is 1. The second-order valence-electron chi connectivity index (χ2n) is 6.85. The number of carbonyl (C=O) groups excluding carboxylic acids is 1. The topological polar surface area (TPSA) is 73.1 Å². The lowest BCUT2D eigenvalue weighted by molar-refractivity contribution is 0.102. The Bertz CT molecular complexity index is 1120. The number of hydrogen-bond acceptors (Lipinski definition) is 3. The van der Waals surface area contributed by atoms with Crippen LogP contribution in [0.3, 0.4) is 0 Å². The van der Waals surface area contributed by atoms with E-state index >= 15 is 0 Å². The molecule has 0 unspecified atom stereocenters. The van der Waals surface area contributed by atoms with Crippen molar-refractivity contribution in [1.82, 2.24) is 9.13 Å². The fourth-order valence-corrected chi connectivity index (χ4v) is 3.11. The Morgan fingerprint density at radius 2 is 1.67 bits per heavy atom. The number of aryl methyl sites for hydroxylation is 2. The molecule has 1 amide bonds. The first kappa shape index (κ1) is 18.6. The number of nitrogens with zero attached hydrogens (tertiary/aromatic N) is 2. The largest absolute Gasteiger partial charge is 0.322 e. The van der Waals surface area contributed by atoms with E-state index in [4.69, 9.17) is 0 Å². The second kappa shape index (κ2) is 7.23. The van der Waals surface area contributed by atoms with E-state index in [1.807, 2.05) is 31.2 Å². The van der Waals surface area contributed by atoms with Gasteiger partial charge in [-0.15, -0.1) is 0 Å². The minimum Gasteiger partial charge on any atom is -0.322 e. The summed E-state index contributed by atoms with van der Waals surface area (Å²) in [5.41, 5.74) is 2.34. The van der Waals surface area contributed by atoms with Gasteiger partial charge >= 0.3 is 11.1 Å². The highest BCUT2D eigenvalue weighted by Gasteiger charge is 2.13. The van der Waals surface area contributed by atoms with Crippen LogP contribution >= 0.6 is 0 Å². The minimum absolute atomic E-state index is 0.268. The van der Waals surface area contributed by atoms with E-state index in [0.717, 1.165) is 0 Å². The van der Waals surface area contributed by atoms with E-state index in [0.29, 0.717) is 34.7 Å². The quantitative estimate of drug-likeness (QED) is 0.722. The van der Waals surface area contributed by atoms with Crippen LogP contribution < -0.4 is 16.4 Å². The molecule has 3 aromatic rings. The SMILES string of the molecule is CCn1c(=O)c(=O)n(C)c2cc(C(=O)Nc3ccc(C(C)C)cc3)ccc21. The van der Waals surface area contributed by atoms with Gasteiger partial charge in [0.05, 0.1) is 11.0 Å². The number of carbonyl (C=O) groups is 1. The van der Waals surface area contributed by atoms with Crippen molar-refractivity contribution in [3.63, 3.8) is 0 Å². The Balaban J connectivity index is 1.98. The fourth-order valence-electron chi connectivity index (χ4n) is 3.11. The molecule has 140 valence electrons. The molecule has 0 saturated carbocycles. The van der Waals surface area contributed by atoms with Gasteiger partial charge in [0, 0.05) is 24.8 Å². The van der Waals surface area contributed by atoms with Gasteiger partial charge in [-0.05, 0) is 48.7 Å². The van der Waals surface area contributed by atoms with E-state index in [1.165, 1.54) is 14.7 Å². The number of anilines is 1. The molecule has 1 aromatic heterocycles. The van der Waals surface area contributed by atoms with Gasteiger partial charge in [-0.3, -0.25) is 14.4 Å². The summed E-state index contributed by atoms with van der Waals surface area (Å²) in [7, 11) is 1.54. The lowest BCUT2D eigenvalue weighted by Gasteiger charge is -2.13. The highest BCUT2D eigenvalue weighted by Crippen LogP contribution is 2.19. The summed E-state index contributed by atoms with van der Waals surface area (Å²) in [6.45, 7) is 6.42. The Morgan fingerprint density at radius 1 is 1.00 bits per heavy atom. The molecule has 0 spiro atoms. The van der Waals surface area contributed by atoms with Crippen molar-refractivity contribution in [3.05, 3.63) is 74.3 Å². The van der Waals surface area contributed by atoms with Crippen LogP contribution in [0.25, 0.3) is 11.0 Å². The van der Waals surface area contributed by atoms with Gasteiger partial charge in [-0.1, -0.05) is 26.0 Å². The first-order chi connectivity index (χ1) is 12.8. The number of nitrogens with one attached hydrogen (secondary N) is 1. The first-order valence-corrected chi connectivity index (χ1v) is 8.98. The first-order valence-electron chi connectivity index (χ1n) is 8.98. The zero-order valence-corrected chi connectivity index (χ0v) is 15.9. The number of aromatic nitrogens is 2. The van der Waals surface area contributed by atoms with E-state index in [2.05, 4.69) is 19.2 Å². The summed E-state index contributed by atoms with van der Waals surface area (Å²) in [5.74, 6) is 0.156. The summed E-state index contributed by atoms with van der Waals surface area (Å²) in [6, 6.07) is 12.7. The lowest BCUT2D eigenvalue weighted by atomic mass is 10.0. The van der Waals surface area contributed by atoms with Crippen LogP contribution in [0.1, 0.15) is 42.6 Å². The predicted octanol–water partition coefficient (Wildman–Crippen LogP) is 3.10. The molecule has 27 heavy (non-hydrogen) atoms. The molecule has 2 aromatic carbocycles. The summed E-state index contributed by atoms with van der Waals surface area (Å²) >= 11 is 0. The molecular formula is C21H23N3O3. The van der Waals surface area contributed by atoms with Crippen molar-refractivity contribution in [2.24, 2.45) is 7.05 Å². The number of amides is 1. The van der Waals surface area contributed by atoms with Crippen LogP contribution in [0.2, 0.25) is 0 Å². The van der Waals surface area contributed by atoms with Crippen molar-refractivity contribution in [2.45, 2.75) is 33.2 Å². The molecule has 0 radical (unpaired) electrons. The van der Waals surface area contributed by atoms with Crippen LogP contribution in [0.4, 0.5) is 5.69 Å². The Morgan fingerprint density at radius 3 is 2.26 bits per heavy atom. The van der Waals surface area contributed by atoms with Crippen LogP contribution in [-0.4, -0.2) is 15.0 Å². The molecule has 0 atom stereocenters. The Hall–Kier alpha value is -3.15. The van der Waals surface area contributed by atoms with Crippen molar-refractivity contribution in [1.29, 1.82) is 0 Å². The fraction of sp³-hybridized carbons (Fsp3) is 0.286. The average molecular weight is 365 g/mol. The lowest BCUT2D eigenvalue weighted by Crippen LogP contribution is -2.40. The summed E-state index contributed by atoms with van der Waals surface area (Å²) < 4.78 is 2.71. The summed E-state index contributed by atoms with van der Waals surface area (Å²) in [4.78, 5) is 36.9. The van der Waals surface area contributed by atoms with Crippen LogP contribution in [0, 0.1) is 0 Å². The van der Waals surface area contributed by atoms with Crippen molar-refractivity contribution in [2.75, 3.05) is 5.32 Å². The number of benzene rings is 2. The van der Waals surface area contributed by atoms with Gasteiger partial charge in [-0.2, -0.15) is 0 Å². The molecule has 3 rings (SSSR count). The van der Waals surface area contributed by atoms with Gasteiger partial charge in [0.2, 0.25) is 0 Å². The average Bonchev–Trinajstić information content (AvgIpc) is 2.67. The van der Waals surface area contributed by atoms with E-state index < -0.39 is 11.1 Å². The monoisotopic (exact) mass is 365 g/mol. The summed E-state index contributed by atoms with van der Waals surface area (Å²) in [6.07, 6.45) is 0. The van der Waals surface area contributed by atoms with Crippen LogP contribution in [-0.2, 0) is 13.6 Å². The van der Waals surface area contributed by atoms with Crippen LogP contribution in [0.5, 0.6) is 0 Å². The third kappa shape index (κ3) is 3.43. The van der Waals surface area contributed by atoms with E-state index in [-0.39, 0.29) is 5.91 Å². The Kier molecular flexibility index (Phi) is 4.99.